The van der Waals surface area contributed by atoms with E-state index >= 15 is 0 Å². The second-order valence-electron chi connectivity index (χ2n) is 2.28. The van der Waals surface area contributed by atoms with Crippen LogP contribution in [0.5, 0.6) is 0 Å². The molecule has 0 unspecified atom stereocenters. The van der Waals surface area contributed by atoms with Crippen molar-refractivity contribution >= 4 is 11.8 Å². The first-order chi connectivity index (χ1) is 5.11. The van der Waals surface area contributed by atoms with Gasteiger partial charge in [0.25, 0.3) is 0 Å². The minimum absolute atomic E-state index is 0.170. The van der Waals surface area contributed by atoms with E-state index in [-0.39, 0.29) is 5.78 Å². The molecule has 0 N–H and O–H groups in total. The number of ketones is 1. The first-order valence-electron chi connectivity index (χ1n) is 3.20. The van der Waals surface area contributed by atoms with E-state index in [9.17, 15) is 9.59 Å². The first-order valence-corrected chi connectivity index (χ1v) is 3.20. The third-order valence-electron chi connectivity index (χ3n) is 1.38. The Morgan fingerprint density at radius 1 is 1.73 bits per heavy atom. The molecule has 0 aromatic rings. The van der Waals surface area contributed by atoms with Crippen LogP contribution in [0.15, 0.2) is 24.3 Å². The number of rotatable bonds is 1. The zero-order valence-corrected chi connectivity index (χ0v) is 6.16. The zero-order chi connectivity index (χ0) is 8.43. The molecule has 1 aliphatic carbocycles. The van der Waals surface area contributed by atoms with Gasteiger partial charge in [0.15, 0.2) is 5.78 Å². The average molecular weight is 152 g/mol. The van der Waals surface area contributed by atoms with E-state index in [0.29, 0.717) is 5.57 Å². The molecule has 0 radical (unpaired) electrons. The van der Waals surface area contributed by atoms with E-state index in [0.717, 1.165) is 0 Å². The Hall–Kier alpha value is -1.38. The third-order valence-corrected chi connectivity index (χ3v) is 1.38. The number of hydrogen-bond donors (Lipinski definition) is 0. The van der Waals surface area contributed by atoms with Crippen LogP contribution in [0.25, 0.3) is 0 Å². The highest BCUT2D eigenvalue weighted by atomic mass is 16.5. The fourth-order valence-electron chi connectivity index (χ4n) is 0.827. The minimum Gasteiger partial charge on any atom is -0.453 e. The van der Waals surface area contributed by atoms with E-state index in [2.05, 4.69) is 6.58 Å². The Kier molecular flexibility index (Phi) is 1.89. The van der Waals surface area contributed by atoms with Gasteiger partial charge in [0.1, 0.15) is 6.10 Å². The first kappa shape index (κ1) is 7.72. The van der Waals surface area contributed by atoms with Crippen LogP contribution in [0.4, 0.5) is 0 Å². The van der Waals surface area contributed by atoms with Gasteiger partial charge >= 0.3 is 5.97 Å². The van der Waals surface area contributed by atoms with Crippen molar-refractivity contribution in [2.24, 2.45) is 0 Å². The fourth-order valence-corrected chi connectivity index (χ4v) is 0.827. The van der Waals surface area contributed by atoms with Gasteiger partial charge in [-0.1, -0.05) is 6.58 Å². The number of ether oxygens (including phenoxy) is 1. The average Bonchev–Trinajstić information content (AvgIpc) is 2.18. The molecular formula is C8H8O3. The number of allylic oxidation sites excluding steroid dienone is 1. The number of hydrogen-bond acceptors (Lipinski definition) is 3. The van der Waals surface area contributed by atoms with Crippen LogP contribution in [-0.4, -0.2) is 17.9 Å². The molecule has 0 amide bonds. The van der Waals surface area contributed by atoms with Gasteiger partial charge in [-0.25, -0.2) is 0 Å². The third kappa shape index (κ3) is 1.55. The van der Waals surface area contributed by atoms with Crippen molar-refractivity contribution in [2.45, 2.75) is 13.0 Å². The number of carbonyl (C=O) groups is 2. The maximum atomic E-state index is 10.8. The Morgan fingerprint density at radius 2 is 2.36 bits per heavy atom. The molecule has 0 aromatic heterocycles. The molecule has 0 saturated carbocycles. The Labute approximate surface area is 64.3 Å². The van der Waals surface area contributed by atoms with Crippen LogP contribution in [0, 0.1) is 0 Å². The molecular weight excluding hydrogens is 144 g/mol. The molecule has 11 heavy (non-hydrogen) atoms. The summed E-state index contributed by atoms with van der Waals surface area (Å²) < 4.78 is 4.75. The van der Waals surface area contributed by atoms with E-state index in [1.165, 1.54) is 19.1 Å². The van der Waals surface area contributed by atoms with Crippen molar-refractivity contribution in [1.29, 1.82) is 0 Å². The molecule has 0 aliphatic heterocycles. The maximum Gasteiger partial charge on any atom is 0.303 e. The summed E-state index contributed by atoms with van der Waals surface area (Å²) in [4.78, 5) is 21.2. The normalized spacial score (nSPS) is 22.5. The second-order valence-corrected chi connectivity index (χ2v) is 2.28. The molecule has 0 bridgehead atoms. The van der Waals surface area contributed by atoms with Gasteiger partial charge in [0.05, 0.1) is 0 Å². The maximum absolute atomic E-state index is 10.8. The lowest BCUT2D eigenvalue weighted by atomic mass is 10.2. The summed E-state index contributed by atoms with van der Waals surface area (Å²) in [6, 6.07) is 0. The van der Waals surface area contributed by atoms with Crippen molar-refractivity contribution in [3.63, 3.8) is 0 Å². The Morgan fingerprint density at radius 3 is 2.73 bits per heavy atom. The molecule has 0 aromatic carbocycles. The molecule has 1 rings (SSSR count). The van der Waals surface area contributed by atoms with Gasteiger partial charge in [0.2, 0.25) is 0 Å². The molecule has 0 heterocycles. The van der Waals surface area contributed by atoms with Gasteiger partial charge in [-0.3, -0.25) is 9.59 Å². The van der Waals surface area contributed by atoms with E-state index < -0.39 is 12.1 Å². The van der Waals surface area contributed by atoms with Crippen LogP contribution in [0.2, 0.25) is 0 Å². The van der Waals surface area contributed by atoms with Crippen molar-refractivity contribution in [3.05, 3.63) is 24.3 Å². The SMILES string of the molecule is C=C1C(=O)C=C[C@H]1OC(C)=O. The topological polar surface area (TPSA) is 43.4 Å². The van der Waals surface area contributed by atoms with Crippen LogP contribution >= 0.6 is 0 Å². The van der Waals surface area contributed by atoms with Crippen LogP contribution in [0.3, 0.4) is 0 Å². The summed E-state index contributed by atoms with van der Waals surface area (Å²) >= 11 is 0. The summed E-state index contributed by atoms with van der Waals surface area (Å²) in [6.45, 7) is 4.78. The lowest BCUT2D eigenvalue weighted by Gasteiger charge is -2.07. The standard InChI is InChI=1S/C8H8O3/c1-5-7(10)3-4-8(5)11-6(2)9/h3-4,8H,1H2,2H3/t8-/m1/s1. The highest BCUT2D eigenvalue weighted by molar-refractivity contribution is 6.07. The quantitative estimate of drug-likeness (QED) is 0.408. The fraction of sp³-hybridized carbons (Fsp3) is 0.250. The minimum atomic E-state index is -0.542. The summed E-state index contributed by atoms with van der Waals surface area (Å²) in [5.41, 5.74) is 0.320. The van der Waals surface area contributed by atoms with E-state index in [4.69, 9.17) is 4.74 Å². The summed E-state index contributed by atoms with van der Waals surface area (Å²) in [7, 11) is 0. The van der Waals surface area contributed by atoms with Crippen molar-refractivity contribution in [3.8, 4) is 0 Å². The lowest BCUT2D eigenvalue weighted by Crippen LogP contribution is -2.14. The van der Waals surface area contributed by atoms with Gasteiger partial charge in [-0.15, -0.1) is 0 Å². The van der Waals surface area contributed by atoms with E-state index in [1.807, 2.05) is 0 Å². The van der Waals surface area contributed by atoms with Gasteiger partial charge in [0, 0.05) is 12.5 Å². The summed E-state index contributed by atoms with van der Waals surface area (Å²) in [5.74, 6) is -0.577. The van der Waals surface area contributed by atoms with E-state index in [1.54, 1.807) is 0 Å². The highest BCUT2D eigenvalue weighted by Gasteiger charge is 2.22. The molecule has 3 nitrogen and oxygen atoms in total. The zero-order valence-electron chi connectivity index (χ0n) is 6.16. The molecule has 0 spiro atoms. The Balaban J connectivity index is 2.63. The summed E-state index contributed by atoms with van der Waals surface area (Å²) in [5, 5.41) is 0. The molecule has 0 fully saturated rings. The van der Waals surface area contributed by atoms with Crippen molar-refractivity contribution in [2.75, 3.05) is 0 Å². The number of esters is 1. The summed E-state index contributed by atoms with van der Waals surface area (Å²) in [6.07, 6.45) is 2.34. The predicted octanol–water partition coefficient (Wildman–Crippen LogP) is 0.613. The lowest BCUT2D eigenvalue weighted by molar-refractivity contribution is -0.142. The monoisotopic (exact) mass is 152 g/mol. The predicted molar refractivity (Wildman–Crippen MR) is 38.8 cm³/mol. The van der Waals surface area contributed by atoms with Gasteiger partial charge in [-0.05, 0) is 12.2 Å². The van der Waals surface area contributed by atoms with Gasteiger partial charge in [-0.2, -0.15) is 0 Å². The van der Waals surface area contributed by atoms with Crippen LogP contribution in [0.1, 0.15) is 6.92 Å². The van der Waals surface area contributed by atoms with Crippen LogP contribution in [-0.2, 0) is 14.3 Å². The van der Waals surface area contributed by atoms with Gasteiger partial charge < -0.3 is 4.74 Å². The molecule has 58 valence electrons. The smallest absolute Gasteiger partial charge is 0.303 e. The largest absolute Gasteiger partial charge is 0.453 e. The number of carbonyl (C=O) groups excluding carboxylic acids is 2. The van der Waals surface area contributed by atoms with Crippen LogP contribution < -0.4 is 0 Å². The van der Waals surface area contributed by atoms with Crippen molar-refractivity contribution < 1.29 is 14.3 Å². The molecule has 0 saturated heterocycles. The van der Waals surface area contributed by atoms with Crippen molar-refractivity contribution in [1.82, 2.24) is 0 Å². The Bertz CT molecular complexity index is 250. The molecule has 3 heteroatoms. The molecule has 1 atom stereocenters. The second kappa shape index (κ2) is 2.70. The molecule has 1 aliphatic rings. The highest BCUT2D eigenvalue weighted by Crippen LogP contribution is 2.15.